The normalized spacial score (nSPS) is 11.0. The number of hydrogen-bond acceptors (Lipinski definition) is 3. The number of halogens is 1. The molecule has 5 heteroatoms. The number of pyridine rings is 1. The fraction of sp³-hybridized carbons (Fsp3) is 0.188. The van der Waals surface area contributed by atoms with Crippen LogP contribution in [0.5, 0.6) is 5.75 Å². The number of rotatable bonds is 4. The van der Waals surface area contributed by atoms with E-state index in [9.17, 15) is 0 Å². The van der Waals surface area contributed by atoms with Crippen LogP contribution < -0.4 is 10.5 Å². The van der Waals surface area contributed by atoms with Crippen molar-refractivity contribution < 1.29 is 4.74 Å². The molecule has 0 aliphatic heterocycles. The van der Waals surface area contributed by atoms with Gasteiger partial charge in [-0.3, -0.25) is 4.40 Å². The molecule has 108 valence electrons. The molecule has 0 atom stereocenters. The van der Waals surface area contributed by atoms with Crippen molar-refractivity contribution >= 4 is 27.4 Å². The van der Waals surface area contributed by atoms with Gasteiger partial charge in [-0.1, -0.05) is 6.92 Å². The minimum atomic E-state index is 0.633. The number of ether oxygens (including phenoxy) is 1. The lowest BCUT2D eigenvalue weighted by atomic mass is 10.1. The van der Waals surface area contributed by atoms with Gasteiger partial charge in [-0.05, 0) is 58.7 Å². The Balaban J connectivity index is 1.98. The van der Waals surface area contributed by atoms with Gasteiger partial charge in [0.15, 0.2) is 0 Å². The molecule has 0 amide bonds. The summed E-state index contributed by atoms with van der Waals surface area (Å²) in [6.07, 6.45) is 2.91. The van der Waals surface area contributed by atoms with E-state index >= 15 is 0 Å². The topological polar surface area (TPSA) is 52.5 Å². The molecule has 1 aromatic carbocycles. The van der Waals surface area contributed by atoms with E-state index < -0.39 is 0 Å². The zero-order valence-corrected chi connectivity index (χ0v) is 13.3. The molecule has 2 aromatic heterocycles. The van der Waals surface area contributed by atoms with E-state index in [2.05, 4.69) is 27.8 Å². The molecule has 21 heavy (non-hydrogen) atoms. The smallest absolute Gasteiger partial charge is 0.139 e. The lowest BCUT2D eigenvalue weighted by Crippen LogP contribution is -1.95. The summed E-state index contributed by atoms with van der Waals surface area (Å²) in [7, 11) is 0. The molecule has 0 bridgehead atoms. The molecule has 0 aliphatic rings. The SMILES string of the molecule is CCCOc1ccc(-c2nc3ccc(Br)cn3c2N)cc1. The number of imidazole rings is 1. The number of aromatic nitrogens is 2. The second-order valence-electron chi connectivity index (χ2n) is 4.79. The van der Waals surface area contributed by atoms with Crippen molar-refractivity contribution in [3.8, 4) is 17.0 Å². The number of fused-ring (bicyclic) bond motifs is 1. The van der Waals surface area contributed by atoms with Crippen LogP contribution in [-0.4, -0.2) is 16.0 Å². The Morgan fingerprint density at radius 1 is 1.19 bits per heavy atom. The number of benzene rings is 1. The third-order valence-corrected chi connectivity index (χ3v) is 3.69. The molecule has 0 fully saturated rings. The van der Waals surface area contributed by atoms with Gasteiger partial charge in [-0.25, -0.2) is 4.98 Å². The first-order chi connectivity index (χ1) is 10.2. The summed E-state index contributed by atoms with van der Waals surface area (Å²) in [5.74, 6) is 1.50. The quantitative estimate of drug-likeness (QED) is 0.773. The average molecular weight is 346 g/mol. The van der Waals surface area contributed by atoms with E-state index in [-0.39, 0.29) is 0 Å². The molecule has 0 aliphatic carbocycles. The summed E-state index contributed by atoms with van der Waals surface area (Å²) >= 11 is 3.44. The van der Waals surface area contributed by atoms with Crippen LogP contribution in [0.3, 0.4) is 0 Å². The molecule has 4 nitrogen and oxygen atoms in total. The molecule has 0 spiro atoms. The summed E-state index contributed by atoms with van der Waals surface area (Å²) in [5, 5.41) is 0. The fourth-order valence-corrected chi connectivity index (χ4v) is 2.52. The van der Waals surface area contributed by atoms with Crippen molar-refractivity contribution in [2.24, 2.45) is 0 Å². The number of hydrogen-bond donors (Lipinski definition) is 1. The number of nitrogens with two attached hydrogens (primary N) is 1. The highest BCUT2D eigenvalue weighted by Crippen LogP contribution is 2.28. The van der Waals surface area contributed by atoms with Gasteiger partial charge >= 0.3 is 0 Å². The summed E-state index contributed by atoms with van der Waals surface area (Å²) in [5.41, 5.74) is 8.81. The maximum Gasteiger partial charge on any atom is 0.139 e. The van der Waals surface area contributed by atoms with Crippen LogP contribution in [0.15, 0.2) is 47.1 Å². The van der Waals surface area contributed by atoms with Crippen molar-refractivity contribution in [3.05, 3.63) is 47.1 Å². The number of anilines is 1. The zero-order valence-electron chi connectivity index (χ0n) is 11.7. The highest BCUT2D eigenvalue weighted by atomic mass is 79.9. The summed E-state index contributed by atoms with van der Waals surface area (Å²) in [6, 6.07) is 11.8. The first kappa shape index (κ1) is 13.9. The van der Waals surface area contributed by atoms with E-state index in [1.807, 2.05) is 47.0 Å². The summed E-state index contributed by atoms with van der Waals surface area (Å²) in [4.78, 5) is 4.59. The van der Waals surface area contributed by atoms with Crippen LogP contribution in [0.1, 0.15) is 13.3 Å². The average Bonchev–Trinajstić information content (AvgIpc) is 2.83. The highest BCUT2D eigenvalue weighted by Gasteiger charge is 2.11. The molecule has 3 aromatic rings. The first-order valence-corrected chi connectivity index (χ1v) is 7.64. The van der Waals surface area contributed by atoms with Crippen molar-refractivity contribution in [3.63, 3.8) is 0 Å². The molecule has 3 rings (SSSR count). The zero-order chi connectivity index (χ0) is 14.8. The maximum absolute atomic E-state index is 6.21. The van der Waals surface area contributed by atoms with E-state index in [0.717, 1.165) is 40.2 Å². The van der Waals surface area contributed by atoms with Crippen molar-refractivity contribution in [1.82, 2.24) is 9.38 Å². The minimum Gasteiger partial charge on any atom is -0.494 e. The second-order valence-corrected chi connectivity index (χ2v) is 5.71. The van der Waals surface area contributed by atoms with Crippen LogP contribution in [0.4, 0.5) is 5.82 Å². The fourth-order valence-electron chi connectivity index (χ4n) is 2.18. The Kier molecular flexibility index (Phi) is 3.84. The van der Waals surface area contributed by atoms with Gasteiger partial charge in [0.2, 0.25) is 0 Å². The second kappa shape index (κ2) is 5.77. The molecular weight excluding hydrogens is 330 g/mol. The van der Waals surface area contributed by atoms with Crippen LogP contribution in [-0.2, 0) is 0 Å². The molecular formula is C16H16BrN3O. The van der Waals surface area contributed by atoms with Gasteiger partial charge in [0.05, 0.1) is 6.61 Å². The van der Waals surface area contributed by atoms with Gasteiger partial charge in [-0.15, -0.1) is 0 Å². The lowest BCUT2D eigenvalue weighted by Gasteiger charge is -2.05. The van der Waals surface area contributed by atoms with Crippen LogP contribution in [0, 0.1) is 0 Å². The van der Waals surface area contributed by atoms with Crippen LogP contribution in [0.2, 0.25) is 0 Å². The molecule has 2 N–H and O–H groups in total. The Hall–Kier alpha value is -2.01. The Morgan fingerprint density at radius 2 is 1.95 bits per heavy atom. The predicted molar refractivity (Wildman–Crippen MR) is 88.5 cm³/mol. The van der Waals surface area contributed by atoms with E-state index in [1.54, 1.807) is 0 Å². The van der Waals surface area contributed by atoms with Crippen molar-refractivity contribution in [2.45, 2.75) is 13.3 Å². The third kappa shape index (κ3) is 2.74. The lowest BCUT2D eigenvalue weighted by molar-refractivity contribution is 0.317. The standard InChI is InChI=1S/C16H16BrN3O/c1-2-9-21-13-6-3-11(4-7-13)15-16(18)20-10-12(17)5-8-14(20)19-15/h3-8,10H,2,9,18H2,1H3. The molecule has 0 saturated heterocycles. The Labute approximate surface area is 131 Å². The molecule has 2 heterocycles. The third-order valence-electron chi connectivity index (χ3n) is 3.22. The minimum absolute atomic E-state index is 0.633. The van der Waals surface area contributed by atoms with E-state index in [0.29, 0.717) is 5.82 Å². The van der Waals surface area contributed by atoms with Gasteiger partial charge in [0, 0.05) is 16.2 Å². The van der Waals surface area contributed by atoms with Gasteiger partial charge in [-0.2, -0.15) is 0 Å². The number of nitrogen functional groups attached to an aromatic ring is 1. The van der Waals surface area contributed by atoms with Crippen LogP contribution >= 0.6 is 15.9 Å². The van der Waals surface area contributed by atoms with E-state index in [1.165, 1.54) is 0 Å². The van der Waals surface area contributed by atoms with E-state index in [4.69, 9.17) is 10.5 Å². The Morgan fingerprint density at radius 3 is 2.67 bits per heavy atom. The van der Waals surface area contributed by atoms with Crippen molar-refractivity contribution in [1.29, 1.82) is 0 Å². The molecule has 0 radical (unpaired) electrons. The maximum atomic E-state index is 6.21. The predicted octanol–water partition coefficient (Wildman–Crippen LogP) is 4.13. The van der Waals surface area contributed by atoms with Crippen LogP contribution in [0.25, 0.3) is 16.9 Å². The van der Waals surface area contributed by atoms with Gasteiger partial charge in [0.25, 0.3) is 0 Å². The molecule has 0 saturated carbocycles. The largest absolute Gasteiger partial charge is 0.494 e. The van der Waals surface area contributed by atoms with Gasteiger partial charge < -0.3 is 10.5 Å². The summed E-state index contributed by atoms with van der Waals surface area (Å²) < 4.78 is 8.43. The first-order valence-electron chi connectivity index (χ1n) is 6.85. The molecule has 0 unspecified atom stereocenters. The summed E-state index contributed by atoms with van der Waals surface area (Å²) in [6.45, 7) is 2.81. The number of nitrogens with zero attached hydrogens (tertiary/aromatic N) is 2. The monoisotopic (exact) mass is 345 g/mol. The van der Waals surface area contributed by atoms with Crippen molar-refractivity contribution in [2.75, 3.05) is 12.3 Å². The Bertz CT molecular complexity index is 765. The highest BCUT2D eigenvalue weighted by molar-refractivity contribution is 9.10. The van der Waals surface area contributed by atoms with Gasteiger partial charge in [0.1, 0.15) is 22.9 Å².